The molecule has 0 fully saturated rings. The molecule has 2 N–H and O–H groups in total. The Hall–Kier alpha value is -4.55. The van der Waals surface area contributed by atoms with Crippen molar-refractivity contribution in [3.05, 3.63) is 107 Å². The number of hydrogen-bond acceptors (Lipinski definition) is 8. The molecule has 2 aromatic heterocycles. The van der Waals surface area contributed by atoms with E-state index in [1.165, 1.54) is 46.8 Å². The van der Waals surface area contributed by atoms with Gasteiger partial charge in [0.2, 0.25) is 11.9 Å². The fourth-order valence-electron chi connectivity index (χ4n) is 4.06. The maximum Gasteiger partial charge on any atom is 0.266 e. The Bertz CT molecular complexity index is 1880. The van der Waals surface area contributed by atoms with Gasteiger partial charge in [-0.3, -0.25) is 14.2 Å². The summed E-state index contributed by atoms with van der Waals surface area (Å²) >= 11 is 1.20. The van der Waals surface area contributed by atoms with Gasteiger partial charge >= 0.3 is 0 Å². The van der Waals surface area contributed by atoms with Crippen LogP contribution in [0.4, 0.5) is 11.6 Å². The standard InChI is InChI=1S/C29H26N6O4S2/c1-3-25(40-29-33-24-12-8-7-11-23(24)27(37)35(29)21-9-5-4-6-10-21)26(36)32-20-13-15-22(16-14-20)41(38,39)34-28-30-18-17-19(2)31-28/h4-18,25H,3H2,1-2H3,(H,32,36)(H,30,31,34). The molecular weight excluding hydrogens is 560 g/mol. The Balaban J connectivity index is 1.37. The first kappa shape index (κ1) is 28.0. The highest BCUT2D eigenvalue weighted by Gasteiger charge is 2.23. The number of aryl methyl sites for hydroxylation is 1. The van der Waals surface area contributed by atoms with Gasteiger partial charge in [-0.15, -0.1) is 0 Å². The molecule has 0 spiro atoms. The monoisotopic (exact) mass is 586 g/mol. The molecule has 2 heterocycles. The fraction of sp³-hybridized carbons (Fsp3) is 0.138. The maximum absolute atomic E-state index is 13.5. The van der Waals surface area contributed by atoms with Crippen LogP contribution in [0.25, 0.3) is 16.6 Å². The van der Waals surface area contributed by atoms with Crippen LogP contribution in [0, 0.1) is 6.92 Å². The van der Waals surface area contributed by atoms with Crippen molar-refractivity contribution >= 4 is 50.2 Å². The van der Waals surface area contributed by atoms with E-state index in [4.69, 9.17) is 4.98 Å². The molecule has 208 valence electrons. The number of aromatic nitrogens is 4. The lowest BCUT2D eigenvalue weighted by atomic mass is 10.2. The molecule has 0 aliphatic heterocycles. The highest BCUT2D eigenvalue weighted by atomic mass is 32.2. The Kier molecular flexibility index (Phi) is 8.13. The molecule has 12 heteroatoms. The molecule has 0 saturated heterocycles. The van der Waals surface area contributed by atoms with Crippen LogP contribution >= 0.6 is 11.8 Å². The molecule has 0 radical (unpaired) electrons. The molecule has 41 heavy (non-hydrogen) atoms. The molecule has 1 unspecified atom stereocenters. The minimum absolute atomic E-state index is 0.00531. The Labute approximate surface area is 241 Å². The predicted octanol–water partition coefficient (Wildman–Crippen LogP) is 4.79. The smallest absolute Gasteiger partial charge is 0.266 e. The van der Waals surface area contributed by atoms with Crippen molar-refractivity contribution in [1.82, 2.24) is 19.5 Å². The molecule has 0 aliphatic carbocycles. The van der Waals surface area contributed by atoms with Crippen molar-refractivity contribution < 1.29 is 13.2 Å². The normalized spacial score (nSPS) is 12.1. The van der Waals surface area contributed by atoms with Gasteiger partial charge in [0.15, 0.2) is 5.16 Å². The van der Waals surface area contributed by atoms with Gasteiger partial charge in [-0.1, -0.05) is 49.0 Å². The van der Waals surface area contributed by atoms with Crippen LogP contribution in [0.2, 0.25) is 0 Å². The van der Waals surface area contributed by atoms with Crippen molar-refractivity contribution in [2.75, 3.05) is 10.0 Å². The van der Waals surface area contributed by atoms with E-state index in [1.54, 1.807) is 31.2 Å². The lowest BCUT2D eigenvalue weighted by Gasteiger charge is -2.18. The summed E-state index contributed by atoms with van der Waals surface area (Å²) in [6.07, 6.45) is 1.93. The van der Waals surface area contributed by atoms with Crippen LogP contribution in [0.5, 0.6) is 0 Å². The third-order valence-electron chi connectivity index (χ3n) is 6.12. The van der Waals surface area contributed by atoms with Crippen LogP contribution in [0.1, 0.15) is 19.0 Å². The number of rotatable bonds is 9. The fourth-order valence-corrected chi connectivity index (χ4v) is 6.05. The number of para-hydroxylation sites is 2. The lowest BCUT2D eigenvalue weighted by Crippen LogP contribution is -2.27. The highest BCUT2D eigenvalue weighted by molar-refractivity contribution is 8.00. The van der Waals surface area contributed by atoms with E-state index in [9.17, 15) is 18.0 Å². The largest absolute Gasteiger partial charge is 0.325 e. The van der Waals surface area contributed by atoms with E-state index in [2.05, 4.69) is 20.0 Å². The van der Waals surface area contributed by atoms with Crippen molar-refractivity contribution in [1.29, 1.82) is 0 Å². The minimum Gasteiger partial charge on any atom is -0.325 e. The number of amides is 1. The summed E-state index contributed by atoms with van der Waals surface area (Å²) in [6, 6.07) is 23.7. The van der Waals surface area contributed by atoms with Crippen LogP contribution in [-0.4, -0.2) is 39.1 Å². The molecule has 0 aliphatic rings. The number of anilines is 2. The number of carbonyl (C=O) groups is 1. The van der Waals surface area contributed by atoms with E-state index >= 15 is 0 Å². The summed E-state index contributed by atoms with van der Waals surface area (Å²) in [5, 5.41) is 3.14. The topological polar surface area (TPSA) is 136 Å². The zero-order chi connectivity index (χ0) is 29.0. The summed E-state index contributed by atoms with van der Waals surface area (Å²) in [6.45, 7) is 3.60. The number of sulfonamides is 1. The van der Waals surface area contributed by atoms with Crippen molar-refractivity contribution in [2.45, 2.75) is 35.6 Å². The van der Waals surface area contributed by atoms with Gasteiger partial charge in [-0.05, 0) is 67.9 Å². The van der Waals surface area contributed by atoms with Gasteiger partial charge in [0.1, 0.15) is 0 Å². The maximum atomic E-state index is 13.5. The highest BCUT2D eigenvalue weighted by Crippen LogP contribution is 2.28. The van der Waals surface area contributed by atoms with E-state index in [1.807, 2.05) is 43.3 Å². The van der Waals surface area contributed by atoms with Crippen molar-refractivity contribution in [2.24, 2.45) is 0 Å². The zero-order valence-electron chi connectivity index (χ0n) is 22.2. The third-order valence-corrected chi connectivity index (χ3v) is 8.78. The van der Waals surface area contributed by atoms with Crippen LogP contribution in [0.3, 0.4) is 0 Å². The van der Waals surface area contributed by atoms with E-state index in [-0.39, 0.29) is 22.3 Å². The molecule has 10 nitrogen and oxygen atoms in total. The van der Waals surface area contributed by atoms with Crippen LogP contribution in [-0.2, 0) is 14.8 Å². The summed E-state index contributed by atoms with van der Waals surface area (Å²) in [5.74, 6) is -0.331. The Morgan fingerprint density at radius 2 is 1.66 bits per heavy atom. The second-order valence-corrected chi connectivity index (χ2v) is 11.9. The summed E-state index contributed by atoms with van der Waals surface area (Å²) < 4.78 is 29.4. The zero-order valence-corrected chi connectivity index (χ0v) is 23.8. The van der Waals surface area contributed by atoms with Gasteiger partial charge < -0.3 is 5.32 Å². The molecular formula is C29H26N6O4S2. The number of hydrogen-bond donors (Lipinski definition) is 2. The van der Waals surface area contributed by atoms with Crippen LogP contribution in [0.15, 0.2) is 106 Å². The average Bonchev–Trinajstić information content (AvgIpc) is 2.96. The minimum atomic E-state index is -3.92. The van der Waals surface area contributed by atoms with Gasteiger partial charge in [-0.2, -0.15) is 0 Å². The van der Waals surface area contributed by atoms with Gasteiger partial charge in [0.05, 0.1) is 26.7 Å². The van der Waals surface area contributed by atoms with Gasteiger partial charge in [-0.25, -0.2) is 28.1 Å². The van der Waals surface area contributed by atoms with E-state index in [0.717, 1.165) is 0 Å². The summed E-state index contributed by atoms with van der Waals surface area (Å²) in [4.78, 5) is 39.5. The van der Waals surface area contributed by atoms with Crippen molar-refractivity contribution in [3.8, 4) is 5.69 Å². The molecule has 0 bridgehead atoms. The second kappa shape index (κ2) is 11.9. The SMILES string of the molecule is CCC(Sc1nc2ccccc2c(=O)n1-c1ccccc1)C(=O)Nc1ccc(S(=O)(=O)Nc2nccc(C)n2)cc1. The number of nitrogens with one attached hydrogen (secondary N) is 2. The molecule has 0 saturated carbocycles. The summed E-state index contributed by atoms with van der Waals surface area (Å²) in [7, 11) is -3.92. The van der Waals surface area contributed by atoms with E-state index in [0.29, 0.717) is 39.5 Å². The molecule has 1 amide bonds. The Morgan fingerprint density at radius 1 is 0.951 bits per heavy atom. The molecule has 5 aromatic rings. The quantitative estimate of drug-likeness (QED) is 0.186. The number of benzene rings is 3. The first-order chi connectivity index (χ1) is 19.7. The number of thioether (sulfide) groups is 1. The van der Waals surface area contributed by atoms with Crippen LogP contribution < -0.4 is 15.6 Å². The lowest BCUT2D eigenvalue weighted by molar-refractivity contribution is -0.115. The predicted molar refractivity (Wildman–Crippen MR) is 160 cm³/mol. The van der Waals surface area contributed by atoms with Gasteiger partial charge in [0, 0.05) is 17.6 Å². The second-order valence-electron chi connectivity index (χ2n) is 9.04. The first-order valence-electron chi connectivity index (χ1n) is 12.7. The molecule has 5 rings (SSSR count). The van der Waals surface area contributed by atoms with E-state index < -0.39 is 15.3 Å². The third kappa shape index (κ3) is 6.28. The van der Waals surface area contributed by atoms with Crippen molar-refractivity contribution in [3.63, 3.8) is 0 Å². The molecule has 1 atom stereocenters. The Morgan fingerprint density at radius 3 is 2.37 bits per heavy atom. The number of carbonyl (C=O) groups excluding carboxylic acids is 1. The first-order valence-corrected chi connectivity index (χ1v) is 15.1. The van der Waals surface area contributed by atoms with Gasteiger partial charge in [0.25, 0.3) is 15.6 Å². The number of fused-ring (bicyclic) bond motifs is 1. The average molecular weight is 587 g/mol. The molecule has 3 aromatic carbocycles. The summed E-state index contributed by atoms with van der Waals surface area (Å²) in [5.41, 5.74) is 2.02. The number of nitrogens with zero attached hydrogens (tertiary/aromatic N) is 4.